The third-order valence-corrected chi connectivity index (χ3v) is 3.25. The van der Waals surface area contributed by atoms with Crippen molar-refractivity contribution in [2.24, 2.45) is 17.9 Å². The molecular formula is C15H18Cl2N4O3. The fourth-order valence-electron chi connectivity index (χ4n) is 2.01. The lowest BCUT2D eigenvalue weighted by molar-refractivity contribution is -0.891. The van der Waals surface area contributed by atoms with Gasteiger partial charge in [-0.2, -0.15) is 4.57 Å². The number of hydrogen-bond acceptors (Lipinski definition) is 4. The van der Waals surface area contributed by atoms with Gasteiger partial charge in [-0.25, -0.2) is 0 Å². The van der Waals surface area contributed by atoms with Gasteiger partial charge >= 0.3 is 0 Å². The first-order valence-electron chi connectivity index (χ1n) is 6.71. The van der Waals surface area contributed by atoms with Gasteiger partial charge in [-0.1, -0.05) is 5.16 Å². The largest absolute Gasteiger partial charge is 1.00 e. The molecule has 0 aliphatic carbocycles. The molecule has 1 amide bonds. The van der Waals surface area contributed by atoms with Crippen molar-refractivity contribution in [3.8, 4) is 0 Å². The molecule has 0 saturated heterocycles. The van der Waals surface area contributed by atoms with Crippen molar-refractivity contribution in [3.63, 3.8) is 0 Å². The monoisotopic (exact) mass is 372 g/mol. The van der Waals surface area contributed by atoms with Crippen LogP contribution in [0.4, 0.5) is 0 Å². The number of primary amides is 1. The standard InChI is InChI=1S/C15H16N4O3.2ClH/c1-18-13(3-2-4-14(18)11-17-21)7-10-22-19-8-5-12(6-9-19)15(16)20;;/h2-6,8-9,11H,7,10H2,1H3,(H-,16,20);2*1H. The molecule has 7 nitrogen and oxygen atoms in total. The van der Waals surface area contributed by atoms with Gasteiger partial charge in [-0.3, -0.25) is 9.63 Å². The normalized spacial score (nSPS) is 9.88. The molecule has 0 atom stereocenters. The molecule has 2 heterocycles. The Labute approximate surface area is 152 Å². The van der Waals surface area contributed by atoms with Gasteiger partial charge in [0.1, 0.15) is 13.3 Å². The number of nitrogens with zero attached hydrogens (tertiary/aromatic N) is 3. The maximum atomic E-state index is 11.0. The van der Waals surface area contributed by atoms with E-state index in [1.54, 1.807) is 24.5 Å². The number of halogens is 2. The zero-order valence-electron chi connectivity index (χ0n) is 13.0. The van der Waals surface area contributed by atoms with Crippen LogP contribution >= 0.6 is 0 Å². The summed E-state index contributed by atoms with van der Waals surface area (Å²) < 4.78 is 3.44. The Morgan fingerprint density at radius 3 is 2.54 bits per heavy atom. The summed E-state index contributed by atoms with van der Waals surface area (Å²) >= 11 is 0. The van der Waals surface area contributed by atoms with Crippen LogP contribution in [0.25, 0.3) is 0 Å². The molecular weight excluding hydrogens is 355 g/mol. The Hall–Kier alpha value is -2.38. The summed E-state index contributed by atoms with van der Waals surface area (Å²) in [4.78, 5) is 16.5. The molecule has 0 saturated carbocycles. The molecule has 0 aliphatic heterocycles. The average molecular weight is 373 g/mol. The van der Waals surface area contributed by atoms with E-state index in [0.717, 1.165) is 11.4 Å². The van der Waals surface area contributed by atoms with Crippen molar-refractivity contribution in [2.75, 3.05) is 6.61 Å². The van der Waals surface area contributed by atoms with Crippen LogP contribution in [0.1, 0.15) is 21.7 Å². The number of rotatable bonds is 6. The van der Waals surface area contributed by atoms with E-state index in [0.29, 0.717) is 18.6 Å². The van der Waals surface area contributed by atoms with Crippen LogP contribution in [0.2, 0.25) is 0 Å². The second kappa shape index (κ2) is 10.4. The summed E-state index contributed by atoms with van der Waals surface area (Å²) in [7, 11) is 1.89. The van der Waals surface area contributed by atoms with Crippen molar-refractivity contribution in [1.29, 1.82) is 0 Å². The van der Waals surface area contributed by atoms with Crippen molar-refractivity contribution in [2.45, 2.75) is 6.42 Å². The molecule has 2 rings (SSSR count). The van der Waals surface area contributed by atoms with Crippen LogP contribution in [0, 0.1) is 0 Å². The van der Waals surface area contributed by atoms with Gasteiger partial charge in [0.2, 0.25) is 24.0 Å². The zero-order chi connectivity index (χ0) is 15.9. The fraction of sp³-hybridized carbons (Fsp3) is 0.200. The highest BCUT2D eigenvalue weighted by molar-refractivity contribution is 5.92. The Kier molecular flexibility index (Phi) is 9.37. The van der Waals surface area contributed by atoms with Gasteiger partial charge in [-0.05, 0) is 6.07 Å². The molecule has 24 heavy (non-hydrogen) atoms. The van der Waals surface area contributed by atoms with Crippen molar-refractivity contribution >= 4 is 12.1 Å². The predicted octanol–water partition coefficient (Wildman–Crippen LogP) is -6.62. The number of hydrogen-bond donors (Lipinski definition) is 2. The maximum absolute atomic E-state index is 11.0. The van der Waals surface area contributed by atoms with Crippen LogP contribution in [0.15, 0.2) is 47.9 Å². The molecule has 0 unspecified atom stereocenters. The molecule has 0 radical (unpaired) electrons. The first-order valence-corrected chi connectivity index (χ1v) is 6.71. The van der Waals surface area contributed by atoms with E-state index in [1.165, 1.54) is 10.9 Å². The van der Waals surface area contributed by atoms with Gasteiger partial charge in [0.25, 0.3) is 0 Å². The molecule has 9 heteroatoms. The molecule has 2 aromatic heterocycles. The summed E-state index contributed by atoms with van der Waals surface area (Å²) in [5, 5.41) is 11.7. The third kappa shape index (κ3) is 5.68. The number of pyridine rings is 2. The Morgan fingerprint density at radius 2 is 1.96 bits per heavy atom. The highest BCUT2D eigenvalue weighted by atomic mass is 35.5. The topological polar surface area (TPSA) is 92.7 Å². The van der Waals surface area contributed by atoms with Crippen molar-refractivity contribution < 1.29 is 49.0 Å². The van der Waals surface area contributed by atoms with E-state index in [4.69, 9.17) is 15.8 Å². The van der Waals surface area contributed by atoms with Crippen LogP contribution in [0.3, 0.4) is 0 Å². The molecule has 0 spiro atoms. The number of nitrogens with two attached hydrogens (primary N) is 1. The molecule has 2 aromatic rings. The van der Waals surface area contributed by atoms with Gasteiger partial charge in [0.05, 0.1) is 12.0 Å². The first-order chi connectivity index (χ1) is 10.6. The van der Waals surface area contributed by atoms with Gasteiger partial charge in [0.15, 0.2) is 12.3 Å². The number of aromatic nitrogens is 2. The smallest absolute Gasteiger partial charge is 0.249 e. The maximum Gasteiger partial charge on any atom is 0.249 e. The van der Waals surface area contributed by atoms with E-state index >= 15 is 0 Å². The molecule has 3 N–H and O–H groups in total. The minimum atomic E-state index is -0.471. The molecule has 130 valence electrons. The van der Waals surface area contributed by atoms with Crippen LogP contribution in [-0.4, -0.2) is 23.9 Å². The van der Waals surface area contributed by atoms with E-state index < -0.39 is 5.91 Å². The first kappa shape index (κ1) is 21.6. The predicted molar refractivity (Wildman–Crippen MR) is 77.3 cm³/mol. The summed E-state index contributed by atoms with van der Waals surface area (Å²) in [6, 6.07) is 8.91. The fourth-order valence-corrected chi connectivity index (χ4v) is 2.01. The minimum absolute atomic E-state index is 0. The number of amides is 1. The highest BCUT2D eigenvalue weighted by Crippen LogP contribution is 1.96. The lowest BCUT2D eigenvalue weighted by Crippen LogP contribution is -3.00. The third-order valence-electron chi connectivity index (χ3n) is 3.25. The molecule has 0 fully saturated rings. The summed E-state index contributed by atoms with van der Waals surface area (Å²) in [6.07, 6.45) is 5.32. The quantitative estimate of drug-likeness (QED) is 0.228. The highest BCUT2D eigenvalue weighted by Gasteiger charge is 2.12. The average Bonchev–Trinajstić information content (AvgIpc) is 2.51. The molecule has 0 bridgehead atoms. The van der Waals surface area contributed by atoms with Gasteiger partial charge < -0.3 is 35.8 Å². The number of carbonyl (C=O) groups is 1. The lowest BCUT2D eigenvalue weighted by Gasteiger charge is -2.01. The second-order valence-corrected chi connectivity index (χ2v) is 4.64. The van der Waals surface area contributed by atoms with Gasteiger partial charge in [-0.15, -0.1) is 0 Å². The SMILES string of the molecule is C[n+]1c(/C=N/O)cccc1CCO[n+]1ccc(C(N)=O)cc1.[Cl-].[Cl-]. The second-order valence-electron chi connectivity index (χ2n) is 4.64. The van der Waals surface area contributed by atoms with E-state index in [-0.39, 0.29) is 24.8 Å². The Bertz CT molecular complexity index is 694. The molecule has 0 aliphatic rings. The van der Waals surface area contributed by atoms with Crippen molar-refractivity contribution in [3.05, 3.63) is 59.7 Å². The van der Waals surface area contributed by atoms with E-state index in [2.05, 4.69) is 5.16 Å². The zero-order valence-corrected chi connectivity index (χ0v) is 14.5. The summed E-state index contributed by atoms with van der Waals surface area (Å²) in [5.41, 5.74) is 7.43. The molecule has 0 aromatic carbocycles. The number of oxime groups is 1. The minimum Gasteiger partial charge on any atom is -1.00 e. The Morgan fingerprint density at radius 1 is 1.29 bits per heavy atom. The van der Waals surface area contributed by atoms with Crippen LogP contribution < -0.4 is 44.7 Å². The summed E-state index contributed by atoms with van der Waals surface area (Å²) in [5.74, 6) is -0.471. The van der Waals surface area contributed by atoms with Crippen LogP contribution in [-0.2, 0) is 13.5 Å². The lowest BCUT2D eigenvalue weighted by atomic mass is 10.2. The summed E-state index contributed by atoms with van der Waals surface area (Å²) in [6.45, 7) is 0.453. The van der Waals surface area contributed by atoms with E-state index in [1.807, 2.05) is 29.8 Å². The number of carbonyl (C=O) groups excluding carboxylic acids is 1. The van der Waals surface area contributed by atoms with Gasteiger partial charge in [0, 0.05) is 29.0 Å². The Balaban J connectivity index is 0.00000264. The van der Waals surface area contributed by atoms with E-state index in [9.17, 15) is 4.79 Å². The van der Waals surface area contributed by atoms with Crippen molar-refractivity contribution in [1.82, 2.24) is 0 Å². The van der Waals surface area contributed by atoms with Crippen LogP contribution in [0.5, 0.6) is 0 Å².